The fourth-order valence-corrected chi connectivity index (χ4v) is 3.60. The summed E-state index contributed by atoms with van der Waals surface area (Å²) in [5, 5.41) is 10.2. The minimum atomic E-state index is -0.567. The molecule has 2 heterocycles. The molecule has 7 nitrogen and oxygen atoms in total. The van der Waals surface area contributed by atoms with E-state index in [9.17, 15) is 14.0 Å². The van der Waals surface area contributed by atoms with E-state index in [4.69, 9.17) is 0 Å². The lowest BCUT2D eigenvalue weighted by atomic mass is 10.1. The number of halogens is 1. The first-order chi connectivity index (χ1) is 13.8. The van der Waals surface area contributed by atoms with Gasteiger partial charge in [-0.05, 0) is 44.0 Å². The summed E-state index contributed by atoms with van der Waals surface area (Å²) < 4.78 is 15.4. The van der Waals surface area contributed by atoms with Gasteiger partial charge in [0.05, 0.1) is 24.7 Å². The number of piperazine rings is 1. The summed E-state index contributed by atoms with van der Waals surface area (Å²) >= 11 is 0. The molecule has 3 rings (SSSR count). The van der Waals surface area contributed by atoms with Gasteiger partial charge >= 0.3 is 0 Å². The number of rotatable bonds is 7. The van der Waals surface area contributed by atoms with Gasteiger partial charge in [0.15, 0.2) is 0 Å². The molecular formula is C21H28FN5O2. The van der Waals surface area contributed by atoms with Crippen LogP contribution in [0.3, 0.4) is 0 Å². The minimum absolute atomic E-state index is 0.0668. The van der Waals surface area contributed by atoms with E-state index in [1.807, 2.05) is 36.4 Å². The van der Waals surface area contributed by atoms with Gasteiger partial charge in [-0.25, -0.2) is 4.39 Å². The number of carbonyl (C=O) groups excluding carboxylic acids is 2. The number of aromatic nitrogens is 2. The summed E-state index contributed by atoms with van der Waals surface area (Å²) in [6.07, 6.45) is 0.0668. The molecule has 0 bridgehead atoms. The van der Waals surface area contributed by atoms with Gasteiger partial charge < -0.3 is 10.6 Å². The molecule has 156 valence electrons. The van der Waals surface area contributed by atoms with Gasteiger partial charge in [0, 0.05) is 31.9 Å². The van der Waals surface area contributed by atoms with Crippen LogP contribution >= 0.6 is 0 Å². The minimum Gasteiger partial charge on any atom is -0.354 e. The first-order valence-corrected chi connectivity index (χ1v) is 9.88. The van der Waals surface area contributed by atoms with Crippen molar-refractivity contribution < 1.29 is 14.0 Å². The average molecular weight is 401 g/mol. The maximum atomic E-state index is 13.5. The number of aryl methyl sites for hydroxylation is 1. The normalized spacial score (nSPS) is 17.2. The van der Waals surface area contributed by atoms with E-state index in [0.29, 0.717) is 32.7 Å². The highest BCUT2D eigenvalue weighted by Crippen LogP contribution is 2.15. The summed E-state index contributed by atoms with van der Waals surface area (Å²) in [7, 11) is 0. The van der Waals surface area contributed by atoms with Crippen molar-refractivity contribution in [3.63, 3.8) is 0 Å². The fourth-order valence-electron chi connectivity index (χ4n) is 3.60. The SMILES string of the molecule is Cc1nn(CCNC(=O)C[C@H]2C(=O)NCCN2Cc2cccc(F)c2)c(C)c1C. The molecule has 2 aromatic rings. The van der Waals surface area contributed by atoms with Crippen LogP contribution in [0.2, 0.25) is 0 Å². The summed E-state index contributed by atoms with van der Waals surface area (Å²) in [6.45, 7) is 8.58. The smallest absolute Gasteiger partial charge is 0.237 e. The Kier molecular flexibility index (Phi) is 6.64. The number of benzene rings is 1. The zero-order valence-corrected chi connectivity index (χ0v) is 17.2. The predicted octanol–water partition coefficient (Wildman–Crippen LogP) is 1.45. The third-order valence-electron chi connectivity index (χ3n) is 5.48. The molecule has 2 N–H and O–H groups in total. The summed E-state index contributed by atoms with van der Waals surface area (Å²) in [5.41, 5.74) is 4.01. The monoisotopic (exact) mass is 401 g/mol. The number of nitrogens with zero attached hydrogens (tertiary/aromatic N) is 3. The Morgan fingerprint density at radius 2 is 2.14 bits per heavy atom. The van der Waals surface area contributed by atoms with Crippen molar-refractivity contribution in [1.82, 2.24) is 25.3 Å². The van der Waals surface area contributed by atoms with Crippen molar-refractivity contribution in [2.24, 2.45) is 0 Å². The van der Waals surface area contributed by atoms with E-state index in [2.05, 4.69) is 15.7 Å². The van der Waals surface area contributed by atoms with E-state index in [1.165, 1.54) is 12.1 Å². The number of amides is 2. The van der Waals surface area contributed by atoms with Crippen LogP contribution in [-0.2, 0) is 22.7 Å². The summed E-state index contributed by atoms with van der Waals surface area (Å²) in [4.78, 5) is 26.7. The largest absolute Gasteiger partial charge is 0.354 e. The van der Waals surface area contributed by atoms with Gasteiger partial charge in [0.1, 0.15) is 5.82 Å². The van der Waals surface area contributed by atoms with Crippen molar-refractivity contribution in [3.8, 4) is 0 Å². The zero-order valence-electron chi connectivity index (χ0n) is 17.2. The predicted molar refractivity (Wildman–Crippen MR) is 108 cm³/mol. The number of nitrogens with one attached hydrogen (secondary N) is 2. The molecule has 29 heavy (non-hydrogen) atoms. The topological polar surface area (TPSA) is 79.3 Å². The van der Waals surface area contributed by atoms with Gasteiger partial charge in [-0.3, -0.25) is 19.2 Å². The molecule has 0 saturated carbocycles. The lowest BCUT2D eigenvalue weighted by Crippen LogP contribution is -2.56. The van der Waals surface area contributed by atoms with E-state index in [-0.39, 0.29) is 24.1 Å². The van der Waals surface area contributed by atoms with Crippen molar-refractivity contribution >= 4 is 11.8 Å². The lowest BCUT2D eigenvalue weighted by Gasteiger charge is -2.34. The molecule has 8 heteroatoms. The second kappa shape index (κ2) is 9.17. The maximum absolute atomic E-state index is 13.5. The average Bonchev–Trinajstić information content (AvgIpc) is 2.91. The van der Waals surface area contributed by atoms with Crippen LogP contribution in [0.15, 0.2) is 24.3 Å². The van der Waals surface area contributed by atoms with Crippen LogP contribution in [0, 0.1) is 26.6 Å². The number of hydrogen-bond donors (Lipinski definition) is 2. The van der Waals surface area contributed by atoms with Crippen LogP contribution in [0.5, 0.6) is 0 Å². The van der Waals surface area contributed by atoms with Gasteiger partial charge in [0.2, 0.25) is 11.8 Å². The van der Waals surface area contributed by atoms with E-state index >= 15 is 0 Å². The summed E-state index contributed by atoms with van der Waals surface area (Å²) in [5.74, 6) is -0.663. The van der Waals surface area contributed by atoms with Crippen LogP contribution in [-0.4, -0.2) is 52.2 Å². The Morgan fingerprint density at radius 3 is 2.83 bits per heavy atom. The quantitative estimate of drug-likeness (QED) is 0.736. The third kappa shape index (κ3) is 5.20. The Balaban J connectivity index is 1.56. The molecule has 1 aliphatic heterocycles. The van der Waals surface area contributed by atoms with Crippen molar-refractivity contribution in [2.45, 2.75) is 46.3 Å². The van der Waals surface area contributed by atoms with E-state index in [0.717, 1.165) is 22.5 Å². The van der Waals surface area contributed by atoms with Crippen LogP contribution < -0.4 is 10.6 Å². The molecular weight excluding hydrogens is 373 g/mol. The van der Waals surface area contributed by atoms with Crippen LogP contribution in [0.1, 0.15) is 28.9 Å². The lowest BCUT2D eigenvalue weighted by molar-refractivity contribution is -0.134. The molecule has 0 aliphatic carbocycles. The molecule has 2 amide bonds. The Hall–Kier alpha value is -2.74. The number of carbonyl (C=O) groups is 2. The highest BCUT2D eigenvalue weighted by atomic mass is 19.1. The Bertz CT molecular complexity index is 895. The fraction of sp³-hybridized carbons (Fsp3) is 0.476. The highest BCUT2D eigenvalue weighted by molar-refractivity contribution is 5.88. The van der Waals surface area contributed by atoms with Crippen molar-refractivity contribution in [2.75, 3.05) is 19.6 Å². The van der Waals surface area contributed by atoms with Crippen LogP contribution in [0.25, 0.3) is 0 Å². The Morgan fingerprint density at radius 1 is 1.34 bits per heavy atom. The third-order valence-corrected chi connectivity index (χ3v) is 5.48. The zero-order chi connectivity index (χ0) is 21.0. The van der Waals surface area contributed by atoms with Gasteiger partial charge in [-0.1, -0.05) is 12.1 Å². The Labute approximate surface area is 170 Å². The van der Waals surface area contributed by atoms with E-state index in [1.54, 1.807) is 6.07 Å². The first kappa shape index (κ1) is 21.0. The molecule has 0 unspecified atom stereocenters. The summed E-state index contributed by atoms with van der Waals surface area (Å²) in [6, 6.07) is 5.75. The first-order valence-electron chi connectivity index (χ1n) is 9.88. The van der Waals surface area contributed by atoms with Crippen molar-refractivity contribution in [3.05, 3.63) is 52.6 Å². The van der Waals surface area contributed by atoms with Gasteiger partial charge in [-0.15, -0.1) is 0 Å². The molecule has 1 aromatic carbocycles. The highest BCUT2D eigenvalue weighted by Gasteiger charge is 2.31. The molecule has 1 aromatic heterocycles. The molecule has 1 aliphatic rings. The van der Waals surface area contributed by atoms with Crippen molar-refractivity contribution in [1.29, 1.82) is 0 Å². The van der Waals surface area contributed by atoms with Crippen LogP contribution in [0.4, 0.5) is 4.39 Å². The number of hydrogen-bond acceptors (Lipinski definition) is 4. The molecule has 1 fully saturated rings. The standard InChI is InChI=1S/C21H28FN5O2/c1-14-15(2)25-27(16(14)3)10-8-23-20(28)12-19-21(29)24-7-9-26(19)13-17-5-4-6-18(22)11-17/h4-6,11,19H,7-10,12-13H2,1-3H3,(H,23,28)(H,24,29)/t19-/m0/s1. The molecule has 1 saturated heterocycles. The molecule has 1 atom stereocenters. The molecule has 0 radical (unpaired) electrons. The van der Waals surface area contributed by atoms with E-state index < -0.39 is 6.04 Å². The maximum Gasteiger partial charge on any atom is 0.237 e. The second-order valence-corrected chi connectivity index (χ2v) is 7.48. The van der Waals surface area contributed by atoms with Gasteiger partial charge in [-0.2, -0.15) is 5.10 Å². The molecule has 0 spiro atoms. The second-order valence-electron chi connectivity index (χ2n) is 7.48. The van der Waals surface area contributed by atoms with Gasteiger partial charge in [0.25, 0.3) is 0 Å².